The summed E-state index contributed by atoms with van der Waals surface area (Å²) in [5, 5.41) is 14.6. The molecule has 0 aliphatic heterocycles. The lowest BCUT2D eigenvalue weighted by atomic mass is 10.1. The first kappa shape index (κ1) is 20.6. The van der Waals surface area contributed by atoms with Crippen LogP contribution in [0.3, 0.4) is 0 Å². The maximum absolute atomic E-state index is 12.6. The third kappa shape index (κ3) is 4.52. The number of likely N-dealkylation sites (N-methyl/N-ethyl adjacent to an activating group) is 1. The van der Waals surface area contributed by atoms with Gasteiger partial charge in [-0.1, -0.05) is 13.8 Å². The van der Waals surface area contributed by atoms with Gasteiger partial charge in [0.2, 0.25) is 10.0 Å². The summed E-state index contributed by atoms with van der Waals surface area (Å²) in [6.07, 6.45) is 2.35. The van der Waals surface area contributed by atoms with E-state index in [4.69, 9.17) is 0 Å². The van der Waals surface area contributed by atoms with E-state index in [9.17, 15) is 18.5 Å². The molecule has 1 aromatic rings. The second kappa shape index (κ2) is 8.32. The summed E-state index contributed by atoms with van der Waals surface area (Å²) in [6.45, 7) is 4.70. The zero-order chi connectivity index (χ0) is 19.5. The molecule has 0 radical (unpaired) electrons. The van der Waals surface area contributed by atoms with Crippen LogP contribution in [0.4, 0.5) is 11.4 Å². The van der Waals surface area contributed by atoms with E-state index in [2.05, 4.69) is 10.2 Å². The van der Waals surface area contributed by atoms with Crippen molar-refractivity contribution in [3.05, 3.63) is 28.3 Å². The van der Waals surface area contributed by atoms with Crippen molar-refractivity contribution >= 4 is 21.4 Å². The molecule has 8 nitrogen and oxygen atoms in total. The van der Waals surface area contributed by atoms with Gasteiger partial charge in [-0.15, -0.1) is 0 Å². The van der Waals surface area contributed by atoms with Gasteiger partial charge in [-0.2, -0.15) is 4.31 Å². The van der Waals surface area contributed by atoms with E-state index < -0.39 is 14.9 Å². The molecule has 0 bridgehead atoms. The summed E-state index contributed by atoms with van der Waals surface area (Å²) in [6, 6.07) is 4.38. The average Bonchev–Trinajstić information content (AvgIpc) is 3.40. The molecule has 0 saturated heterocycles. The monoisotopic (exact) mass is 384 g/mol. The lowest BCUT2D eigenvalue weighted by molar-refractivity contribution is -0.384. The molecule has 1 aliphatic rings. The van der Waals surface area contributed by atoms with Crippen molar-refractivity contribution < 1.29 is 13.3 Å². The van der Waals surface area contributed by atoms with Gasteiger partial charge in [0.15, 0.2) is 0 Å². The van der Waals surface area contributed by atoms with Crippen molar-refractivity contribution in [2.75, 3.05) is 39.0 Å². The van der Waals surface area contributed by atoms with Crippen LogP contribution in [0.5, 0.6) is 0 Å². The predicted octanol–water partition coefficient (Wildman–Crippen LogP) is 2.38. The Balaban J connectivity index is 2.27. The average molecular weight is 385 g/mol. The number of rotatable bonds is 10. The molecule has 146 valence electrons. The second-order valence-corrected chi connectivity index (χ2v) is 8.71. The lowest BCUT2D eigenvalue weighted by Crippen LogP contribution is -2.36. The van der Waals surface area contributed by atoms with Gasteiger partial charge >= 0.3 is 0 Å². The highest BCUT2D eigenvalue weighted by molar-refractivity contribution is 7.89. The molecule has 1 N–H and O–H groups in total. The first-order chi connectivity index (χ1) is 12.2. The highest BCUT2D eigenvalue weighted by Gasteiger charge is 2.33. The summed E-state index contributed by atoms with van der Waals surface area (Å²) in [5.74, 6) is 0.610. The van der Waals surface area contributed by atoms with Crippen molar-refractivity contribution in [3.63, 3.8) is 0 Å². The first-order valence-electron chi connectivity index (χ1n) is 8.91. The van der Waals surface area contributed by atoms with Crippen molar-refractivity contribution in [1.29, 1.82) is 0 Å². The molecule has 1 unspecified atom stereocenters. The molecule has 1 aromatic carbocycles. The van der Waals surface area contributed by atoms with Gasteiger partial charge in [0.25, 0.3) is 5.69 Å². The second-order valence-electron chi connectivity index (χ2n) is 6.77. The minimum atomic E-state index is -3.73. The van der Waals surface area contributed by atoms with Crippen molar-refractivity contribution in [3.8, 4) is 0 Å². The number of nitro groups is 1. The smallest absolute Gasteiger partial charge is 0.293 e. The Morgan fingerprint density at radius 1 is 1.27 bits per heavy atom. The normalized spacial score (nSPS) is 16.1. The van der Waals surface area contributed by atoms with E-state index in [1.165, 1.54) is 29.3 Å². The Bertz CT molecular complexity index is 741. The van der Waals surface area contributed by atoms with E-state index in [0.29, 0.717) is 37.3 Å². The van der Waals surface area contributed by atoms with Crippen molar-refractivity contribution in [2.24, 2.45) is 5.92 Å². The fourth-order valence-corrected chi connectivity index (χ4v) is 4.63. The molecule has 0 aromatic heterocycles. The van der Waals surface area contributed by atoms with Crippen molar-refractivity contribution in [2.45, 2.75) is 37.6 Å². The number of nitrogens with zero attached hydrogens (tertiary/aromatic N) is 3. The number of sulfonamides is 1. The number of benzene rings is 1. The van der Waals surface area contributed by atoms with E-state index in [1.54, 1.807) is 13.8 Å². The summed E-state index contributed by atoms with van der Waals surface area (Å²) >= 11 is 0. The van der Waals surface area contributed by atoms with Gasteiger partial charge < -0.3 is 10.2 Å². The molecule has 2 rings (SSSR count). The predicted molar refractivity (Wildman–Crippen MR) is 102 cm³/mol. The number of nitrogens with one attached hydrogen (secondary N) is 1. The summed E-state index contributed by atoms with van der Waals surface area (Å²) < 4.78 is 26.5. The van der Waals surface area contributed by atoms with Crippen LogP contribution >= 0.6 is 0 Å². The van der Waals surface area contributed by atoms with Crippen LogP contribution in [0.1, 0.15) is 26.7 Å². The van der Waals surface area contributed by atoms with Crippen molar-refractivity contribution in [1.82, 2.24) is 9.21 Å². The largest absolute Gasteiger partial charge is 0.378 e. The maximum Gasteiger partial charge on any atom is 0.293 e. The minimum Gasteiger partial charge on any atom is -0.378 e. The van der Waals surface area contributed by atoms with E-state index in [0.717, 1.165) is 6.07 Å². The zero-order valence-corrected chi connectivity index (χ0v) is 16.6. The molecule has 0 spiro atoms. The minimum absolute atomic E-state index is 0.0511. The Labute approximate surface area is 155 Å². The molecule has 9 heteroatoms. The first-order valence-corrected chi connectivity index (χ1v) is 10.3. The van der Waals surface area contributed by atoms with Gasteiger partial charge in [-0.3, -0.25) is 10.1 Å². The van der Waals surface area contributed by atoms with Crippen LogP contribution in [0.2, 0.25) is 0 Å². The molecule has 1 fully saturated rings. The fraction of sp³-hybridized carbons (Fsp3) is 0.647. The molecule has 26 heavy (non-hydrogen) atoms. The number of nitro benzene ring substituents is 1. The highest BCUT2D eigenvalue weighted by atomic mass is 32.2. The molecule has 1 saturated carbocycles. The van der Waals surface area contributed by atoms with E-state index in [-0.39, 0.29) is 10.6 Å². The highest BCUT2D eigenvalue weighted by Crippen LogP contribution is 2.35. The van der Waals surface area contributed by atoms with Crippen LogP contribution in [0.25, 0.3) is 0 Å². The third-order valence-corrected chi connectivity index (χ3v) is 6.89. The Hall–Kier alpha value is -1.71. The Morgan fingerprint density at radius 2 is 1.88 bits per heavy atom. The zero-order valence-electron chi connectivity index (χ0n) is 15.8. The Kier molecular flexibility index (Phi) is 6.59. The molecular weight excluding hydrogens is 356 g/mol. The van der Waals surface area contributed by atoms with Crippen LogP contribution in [-0.2, 0) is 10.0 Å². The van der Waals surface area contributed by atoms with Gasteiger partial charge in [0.1, 0.15) is 5.69 Å². The molecule has 0 heterocycles. The topological polar surface area (TPSA) is 95.8 Å². The number of hydrogen-bond donors (Lipinski definition) is 1. The molecule has 0 amide bonds. The molecular formula is C17H28N4O4S. The summed E-state index contributed by atoms with van der Waals surface area (Å²) in [7, 11) is 0.268. The number of anilines is 1. The van der Waals surface area contributed by atoms with Gasteiger partial charge in [-0.05, 0) is 45.0 Å². The standard InChI is InChI=1S/C17H28N4O4S/c1-5-20(6-2)26(24,25)14-9-10-15(16(11-14)21(22)23)18-12-17(19(3)4)13-7-8-13/h9-11,13,17-18H,5-8,12H2,1-4H3. The maximum atomic E-state index is 12.6. The van der Waals surface area contributed by atoms with Gasteiger partial charge in [-0.25, -0.2) is 8.42 Å². The third-order valence-electron chi connectivity index (χ3n) is 4.84. The van der Waals surface area contributed by atoms with E-state index >= 15 is 0 Å². The van der Waals surface area contributed by atoms with Crippen LogP contribution in [0.15, 0.2) is 23.1 Å². The van der Waals surface area contributed by atoms with Crippen LogP contribution in [0, 0.1) is 16.0 Å². The number of hydrogen-bond acceptors (Lipinski definition) is 6. The SMILES string of the molecule is CCN(CC)S(=O)(=O)c1ccc(NCC(C2CC2)N(C)C)c([N+](=O)[O-])c1. The van der Waals surface area contributed by atoms with Gasteiger partial charge in [0, 0.05) is 31.7 Å². The molecule has 1 aliphatic carbocycles. The van der Waals surface area contributed by atoms with Crippen LogP contribution in [-0.4, -0.2) is 62.3 Å². The quantitative estimate of drug-likeness (QED) is 0.491. The van der Waals surface area contributed by atoms with Crippen LogP contribution < -0.4 is 5.32 Å². The lowest BCUT2D eigenvalue weighted by Gasteiger charge is -2.25. The summed E-state index contributed by atoms with van der Waals surface area (Å²) in [5.41, 5.74) is 0.132. The summed E-state index contributed by atoms with van der Waals surface area (Å²) in [4.78, 5) is 13.0. The Morgan fingerprint density at radius 3 is 2.35 bits per heavy atom. The van der Waals surface area contributed by atoms with Gasteiger partial charge in [0.05, 0.1) is 9.82 Å². The molecule has 1 atom stereocenters. The van der Waals surface area contributed by atoms with E-state index in [1.807, 2.05) is 14.1 Å². The fourth-order valence-electron chi connectivity index (χ4n) is 3.15.